The minimum Gasteiger partial charge on any atom is -0.504 e. The molecule has 3 heterocycles. The van der Waals surface area contributed by atoms with Gasteiger partial charge in [-0.05, 0) is 69.7 Å². The summed E-state index contributed by atoms with van der Waals surface area (Å²) in [7, 11) is 1.53. The average Bonchev–Trinajstić information content (AvgIpc) is 3.64. The van der Waals surface area contributed by atoms with Crippen molar-refractivity contribution < 1.29 is 43.4 Å². The van der Waals surface area contributed by atoms with Gasteiger partial charge in [-0.15, -0.1) is 0 Å². The van der Waals surface area contributed by atoms with Crippen molar-refractivity contribution in [1.82, 2.24) is 10.2 Å². The molecule has 1 amide bonds. The van der Waals surface area contributed by atoms with Crippen LogP contribution in [-0.2, 0) is 35.5 Å². The van der Waals surface area contributed by atoms with Crippen LogP contribution in [0.2, 0.25) is 0 Å². The zero-order chi connectivity index (χ0) is 38.1. The number of phenols is 1. The smallest absolute Gasteiger partial charge is 0.411 e. The molecule has 0 bridgehead atoms. The highest BCUT2D eigenvalue weighted by molar-refractivity contribution is 5.74. The van der Waals surface area contributed by atoms with Crippen molar-refractivity contribution in [2.45, 2.75) is 90.4 Å². The first kappa shape index (κ1) is 37.3. The summed E-state index contributed by atoms with van der Waals surface area (Å²) in [6.45, 7) is 9.90. The van der Waals surface area contributed by atoms with Crippen molar-refractivity contribution >= 4 is 6.09 Å². The topological polar surface area (TPSA) is 128 Å². The molecule has 0 radical (unpaired) electrons. The Balaban J connectivity index is 1.43. The largest absolute Gasteiger partial charge is 0.504 e. The zero-order valence-corrected chi connectivity index (χ0v) is 31.8. The molecule has 7 rings (SSSR count). The number of aliphatic hydroxyl groups is 1. The molecule has 0 fully saturated rings. The lowest BCUT2D eigenvalue weighted by atomic mass is 9.78. The van der Waals surface area contributed by atoms with Crippen LogP contribution in [-0.4, -0.2) is 66.0 Å². The van der Waals surface area contributed by atoms with Gasteiger partial charge in [-0.1, -0.05) is 66.7 Å². The fourth-order valence-corrected chi connectivity index (χ4v) is 8.11. The normalized spacial score (nSPS) is 20.2. The number of benzene rings is 4. The Kier molecular flexibility index (Phi) is 10.7. The van der Waals surface area contributed by atoms with Gasteiger partial charge < -0.3 is 44.0 Å². The molecule has 0 saturated carbocycles. The van der Waals surface area contributed by atoms with Crippen molar-refractivity contribution in [3.8, 4) is 28.7 Å². The molecule has 4 aromatic rings. The third kappa shape index (κ3) is 7.28. The lowest BCUT2D eigenvalue weighted by Gasteiger charge is -2.49. The molecule has 11 heteroatoms. The fraction of sp³-hybridized carbons (Fsp3) is 0.419. The Morgan fingerprint density at radius 3 is 2.24 bits per heavy atom. The summed E-state index contributed by atoms with van der Waals surface area (Å²) in [5.74, 6) is 2.10. The summed E-state index contributed by atoms with van der Waals surface area (Å²) in [5, 5.41) is 26.1. The number of phenolic OH excluding ortho intramolecular Hbond substituents is 1. The number of nitrogens with one attached hydrogen (secondary N) is 1. The number of carbonyl (C=O) groups excluding carboxylic acids is 1. The monoisotopic (exact) mass is 738 g/mol. The number of aryl methyl sites for hydroxylation is 1. The molecule has 0 saturated heterocycles. The Labute approximate surface area is 316 Å². The minimum absolute atomic E-state index is 0.00405. The van der Waals surface area contributed by atoms with Crippen molar-refractivity contribution in [3.05, 3.63) is 111 Å². The number of methoxy groups -OCH3 is 1. The molecule has 0 aromatic heterocycles. The van der Waals surface area contributed by atoms with Gasteiger partial charge in [0, 0.05) is 28.3 Å². The van der Waals surface area contributed by atoms with E-state index in [2.05, 4.69) is 5.32 Å². The van der Waals surface area contributed by atoms with Gasteiger partial charge in [0.1, 0.15) is 18.0 Å². The van der Waals surface area contributed by atoms with E-state index < -0.39 is 29.8 Å². The van der Waals surface area contributed by atoms with Gasteiger partial charge in [-0.3, -0.25) is 4.90 Å². The van der Waals surface area contributed by atoms with E-state index in [4.69, 9.17) is 28.4 Å². The van der Waals surface area contributed by atoms with Crippen LogP contribution >= 0.6 is 0 Å². The van der Waals surface area contributed by atoms with E-state index in [1.165, 1.54) is 7.11 Å². The van der Waals surface area contributed by atoms with Crippen LogP contribution in [0.3, 0.4) is 0 Å². The number of rotatable bonds is 10. The third-order valence-electron chi connectivity index (χ3n) is 10.4. The van der Waals surface area contributed by atoms with Crippen LogP contribution in [0.1, 0.15) is 77.4 Å². The van der Waals surface area contributed by atoms with Crippen molar-refractivity contribution in [2.75, 3.05) is 27.1 Å². The number of amides is 1. The van der Waals surface area contributed by atoms with Crippen LogP contribution in [0, 0.1) is 13.8 Å². The van der Waals surface area contributed by atoms with Crippen molar-refractivity contribution in [3.63, 3.8) is 0 Å². The number of aromatic hydroxyl groups is 1. The molecule has 3 aliphatic heterocycles. The van der Waals surface area contributed by atoms with Gasteiger partial charge in [0.25, 0.3) is 0 Å². The summed E-state index contributed by atoms with van der Waals surface area (Å²) in [6.07, 6.45) is 0.207. The van der Waals surface area contributed by atoms with E-state index in [1.54, 1.807) is 4.90 Å². The van der Waals surface area contributed by atoms with E-state index in [0.29, 0.717) is 48.2 Å². The maximum absolute atomic E-state index is 14.8. The predicted octanol–water partition coefficient (Wildman–Crippen LogP) is 6.99. The number of carbonyl (C=O) groups is 1. The second-order valence-electron chi connectivity index (χ2n) is 15.2. The van der Waals surface area contributed by atoms with Crippen molar-refractivity contribution in [2.24, 2.45) is 0 Å². The maximum Gasteiger partial charge on any atom is 0.411 e. The molecule has 2 unspecified atom stereocenters. The summed E-state index contributed by atoms with van der Waals surface area (Å²) < 4.78 is 37.4. The van der Waals surface area contributed by atoms with Crippen LogP contribution in [0.15, 0.2) is 66.7 Å². The van der Waals surface area contributed by atoms with Crippen molar-refractivity contribution in [1.29, 1.82) is 0 Å². The van der Waals surface area contributed by atoms with Crippen LogP contribution in [0.4, 0.5) is 4.79 Å². The quantitative estimate of drug-likeness (QED) is 0.157. The van der Waals surface area contributed by atoms with E-state index >= 15 is 0 Å². The Morgan fingerprint density at radius 2 is 1.59 bits per heavy atom. The summed E-state index contributed by atoms with van der Waals surface area (Å²) in [4.78, 5) is 16.5. The predicted molar refractivity (Wildman–Crippen MR) is 202 cm³/mol. The Morgan fingerprint density at radius 1 is 0.926 bits per heavy atom. The first-order chi connectivity index (χ1) is 26.0. The summed E-state index contributed by atoms with van der Waals surface area (Å²) in [6, 6.07) is 19.4. The van der Waals surface area contributed by atoms with Crippen LogP contribution in [0.25, 0.3) is 0 Å². The second kappa shape index (κ2) is 15.4. The highest BCUT2D eigenvalue weighted by Gasteiger charge is 2.50. The molecule has 4 atom stereocenters. The molecule has 3 aliphatic rings. The van der Waals surface area contributed by atoms with E-state index in [0.717, 1.165) is 38.9 Å². The van der Waals surface area contributed by atoms with Gasteiger partial charge in [-0.25, -0.2) is 4.79 Å². The SMILES string of the molecule is COc1c(C)cc2c(c1O)C(C1Cc3c(OCc4ccccc4)c(C)c4c(c3[C@H](COCc3ccccc3)N1C(=O)OC(C)(C)C)OCO4)N[C@H](CO)C2. The lowest BCUT2D eigenvalue weighted by Crippen LogP contribution is -2.58. The molecular formula is C43H50N2O9. The minimum atomic E-state index is -0.829. The molecule has 3 N–H and O–H groups in total. The Hall–Kier alpha value is -4.97. The maximum atomic E-state index is 14.8. The van der Waals surface area contributed by atoms with Gasteiger partial charge in [-0.2, -0.15) is 0 Å². The average molecular weight is 739 g/mol. The van der Waals surface area contributed by atoms with Gasteiger partial charge in [0.2, 0.25) is 6.79 Å². The standard InChI is InChI=1S/C43H50N2O9/c1-25-17-29-18-30(20-46)44-36(34(29)37(47)38(25)49-6)32-19-31-35(41-40(52-24-53-41)26(2)39(31)51-22-28-15-11-8-12-16-28)33(45(32)42(48)54-43(3,4)5)23-50-21-27-13-9-7-10-14-27/h7-17,30,32-33,36,44,46-47H,18-24H2,1-6H3/t30-,32?,33-,36?/m0/s1. The molecule has 4 aromatic carbocycles. The molecule has 54 heavy (non-hydrogen) atoms. The lowest BCUT2D eigenvalue weighted by molar-refractivity contribution is -0.0269. The van der Waals surface area contributed by atoms with Gasteiger partial charge >= 0.3 is 6.09 Å². The van der Waals surface area contributed by atoms with Gasteiger partial charge in [0.05, 0.1) is 45.1 Å². The number of nitrogens with zero attached hydrogens (tertiary/aromatic N) is 1. The summed E-state index contributed by atoms with van der Waals surface area (Å²) >= 11 is 0. The Bertz CT molecular complexity index is 1980. The van der Waals surface area contributed by atoms with E-state index in [9.17, 15) is 15.0 Å². The molecule has 0 aliphatic carbocycles. The zero-order valence-electron chi connectivity index (χ0n) is 31.8. The summed E-state index contributed by atoms with van der Waals surface area (Å²) in [5.41, 5.74) is 5.76. The van der Waals surface area contributed by atoms with E-state index in [-0.39, 0.29) is 38.2 Å². The van der Waals surface area contributed by atoms with Crippen LogP contribution in [0.5, 0.6) is 28.7 Å². The number of fused-ring (bicyclic) bond motifs is 4. The molecule has 286 valence electrons. The fourth-order valence-electron chi connectivity index (χ4n) is 8.11. The molecular weight excluding hydrogens is 688 g/mol. The third-order valence-corrected chi connectivity index (χ3v) is 10.4. The number of aliphatic hydroxyl groups excluding tert-OH is 1. The number of hydrogen-bond acceptors (Lipinski definition) is 10. The number of ether oxygens (including phenoxy) is 6. The second-order valence-corrected chi connectivity index (χ2v) is 15.2. The first-order valence-corrected chi connectivity index (χ1v) is 18.5. The van der Waals surface area contributed by atoms with Gasteiger partial charge in [0.15, 0.2) is 23.0 Å². The highest BCUT2D eigenvalue weighted by atomic mass is 16.7. The number of hydrogen-bond donors (Lipinski definition) is 3. The van der Waals surface area contributed by atoms with Crippen LogP contribution < -0.4 is 24.3 Å². The highest BCUT2D eigenvalue weighted by Crippen LogP contribution is 2.55. The molecule has 11 nitrogen and oxygen atoms in total. The first-order valence-electron chi connectivity index (χ1n) is 18.5. The molecule has 0 spiro atoms. The van der Waals surface area contributed by atoms with E-state index in [1.807, 2.05) is 101 Å².